The Bertz CT molecular complexity index is 394. The van der Waals surface area contributed by atoms with Crippen molar-refractivity contribution in [2.45, 2.75) is 38.8 Å². The predicted octanol–water partition coefficient (Wildman–Crippen LogP) is 3.46. The summed E-state index contributed by atoms with van der Waals surface area (Å²) in [6.07, 6.45) is 2.23. The van der Waals surface area contributed by atoms with E-state index in [4.69, 9.17) is 17.3 Å². The van der Waals surface area contributed by atoms with Gasteiger partial charge in [0.2, 0.25) is 0 Å². The van der Waals surface area contributed by atoms with Crippen LogP contribution in [0, 0.1) is 5.92 Å². The smallest absolute Gasteiger partial charge is 0.0513 e. The van der Waals surface area contributed by atoms with Crippen molar-refractivity contribution in [2.75, 3.05) is 13.1 Å². The van der Waals surface area contributed by atoms with Gasteiger partial charge in [-0.05, 0) is 36.9 Å². The maximum absolute atomic E-state index is 6.35. The normalized spacial score (nSPS) is 24.1. The maximum atomic E-state index is 6.35. The molecule has 2 nitrogen and oxygen atoms in total. The van der Waals surface area contributed by atoms with Gasteiger partial charge < -0.3 is 5.73 Å². The molecule has 3 unspecified atom stereocenters. The van der Waals surface area contributed by atoms with E-state index in [9.17, 15) is 0 Å². The average Bonchev–Trinajstić information content (AvgIpc) is 2.78. The molecule has 1 aliphatic rings. The van der Waals surface area contributed by atoms with Gasteiger partial charge in [-0.3, -0.25) is 4.90 Å². The highest BCUT2D eigenvalue weighted by Gasteiger charge is 2.31. The first kappa shape index (κ1) is 13.9. The summed E-state index contributed by atoms with van der Waals surface area (Å²) in [5.41, 5.74) is 7.53. The van der Waals surface area contributed by atoms with Gasteiger partial charge in [-0.25, -0.2) is 0 Å². The number of likely N-dealkylation sites (tertiary alicyclic amines) is 1. The van der Waals surface area contributed by atoms with Crippen LogP contribution in [0.4, 0.5) is 0 Å². The number of nitrogens with zero attached hydrogens (tertiary/aromatic N) is 1. The predicted molar refractivity (Wildman–Crippen MR) is 77.8 cm³/mol. The van der Waals surface area contributed by atoms with Crippen LogP contribution in [0.25, 0.3) is 0 Å². The Labute approximate surface area is 115 Å². The molecule has 0 bridgehead atoms. The molecule has 3 atom stereocenters. The summed E-state index contributed by atoms with van der Waals surface area (Å²) in [7, 11) is 0. The van der Waals surface area contributed by atoms with Crippen molar-refractivity contribution in [2.24, 2.45) is 11.7 Å². The average molecular weight is 267 g/mol. The molecule has 1 fully saturated rings. The molecular formula is C15H23ClN2. The zero-order valence-electron chi connectivity index (χ0n) is 11.3. The van der Waals surface area contributed by atoms with Gasteiger partial charge in [-0.1, -0.05) is 43.6 Å². The van der Waals surface area contributed by atoms with Crippen LogP contribution in [0.1, 0.15) is 38.3 Å². The van der Waals surface area contributed by atoms with Crippen LogP contribution in [0.3, 0.4) is 0 Å². The second-order valence-electron chi connectivity index (χ2n) is 5.43. The largest absolute Gasteiger partial charge is 0.326 e. The molecular weight excluding hydrogens is 244 g/mol. The fourth-order valence-electron chi connectivity index (χ4n) is 2.86. The zero-order chi connectivity index (χ0) is 13.1. The molecule has 2 N–H and O–H groups in total. The van der Waals surface area contributed by atoms with Gasteiger partial charge in [0.15, 0.2) is 0 Å². The van der Waals surface area contributed by atoms with Crippen molar-refractivity contribution in [3.05, 3.63) is 34.9 Å². The minimum Gasteiger partial charge on any atom is -0.326 e. The molecule has 0 amide bonds. The van der Waals surface area contributed by atoms with Gasteiger partial charge in [-0.2, -0.15) is 0 Å². The third kappa shape index (κ3) is 2.87. The number of hydrogen-bond acceptors (Lipinski definition) is 2. The molecule has 18 heavy (non-hydrogen) atoms. The van der Waals surface area contributed by atoms with E-state index >= 15 is 0 Å². The molecule has 0 saturated carbocycles. The quantitative estimate of drug-likeness (QED) is 0.904. The molecule has 1 aromatic rings. The van der Waals surface area contributed by atoms with Crippen LogP contribution in [0.2, 0.25) is 5.02 Å². The van der Waals surface area contributed by atoms with E-state index in [0.717, 1.165) is 30.5 Å². The van der Waals surface area contributed by atoms with Crippen LogP contribution >= 0.6 is 11.6 Å². The van der Waals surface area contributed by atoms with E-state index in [-0.39, 0.29) is 12.1 Å². The lowest BCUT2D eigenvalue weighted by molar-refractivity contribution is 0.203. The fourth-order valence-corrected chi connectivity index (χ4v) is 3.11. The highest BCUT2D eigenvalue weighted by Crippen LogP contribution is 2.34. The van der Waals surface area contributed by atoms with Gasteiger partial charge in [0.25, 0.3) is 0 Å². The van der Waals surface area contributed by atoms with Crippen molar-refractivity contribution in [1.82, 2.24) is 4.90 Å². The van der Waals surface area contributed by atoms with Crippen LogP contribution < -0.4 is 5.73 Å². The Kier molecular flexibility index (Phi) is 4.66. The fraction of sp³-hybridized carbons (Fsp3) is 0.600. The van der Waals surface area contributed by atoms with Crippen molar-refractivity contribution in [3.8, 4) is 0 Å². The van der Waals surface area contributed by atoms with Gasteiger partial charge in [0.05, 0.1) is 6.04 Å². The molecule has 2 rings (SSSR count). The molecule has 100 valence electrons. The van der Waals surface area contributed by atoms with Crippen LogP contribution in [0.15, 0.2) is 24.3 Å². The second-order valence-corrected chi connectivity index (χ2v) is 5.83. The molecule has 1 aliphatic heterocycles. The Hall–Kier alpha value is -0.570. The van der Waals surface area contributed by atoms with Crippen molar-refractivity contribution in [3.63, 3.8) is 0 Å². The Morgan fingerprint density at radius 2 is 2.17 bits per heavy atom. The van der Waals surface area contributed by atoms with Crippen LogP contribution in [-0.4, -0.2) is 24.0 Å². The Morgan fingerprint density at radius 1 is 1.44 bits per heavy atom. The zero-order valence-corrected chi connectivity index (χ0v) is 12.0. The van der Waals surface area contributed by atoms with Crippen LogP contribution in [0.5, 0.6) is 0 Å². The third-order valence-corrected chi connectivity index (χ3v) is 4.29. The number of nitrogens with two attached hydrogens (primary N) is 1. The third-order valence-electron chi connectivity index (χ3n) is 3.95. The molecule has 0 spiro atoms. The first-order valence-corrected chi connectivity index (χ1v) is 7.25. The van der Waals surface area contributed by atoms with Crippen molar-refractivity contribution < 1.29 is 0 Å². The molecule has 1 saturated heterocycles. The summed E-state index contributed by atoms with van der Waals surface area (Å²) < 4.78 is 0. The monoisotopic (exact) mass is 266 g/mol. The van der Waals surface area contributed by atoms with E-state index in [1.807, 2.05) is 12.1 Å². The molecule has 0 aliphatic carbocycles. The van der Waals surface area contributed by atoms with E-state index in [0.29, 0.717) is 0 Å². The molecule has 0 radical (unpaired) electrons. The lowest BCUT2D eigenvalue weighted by Crippen LogP contribution is -2.39. The maximum Gasteiger partial charge on any atom is 0.0513 e. The Morgan fingerprint density at radius 3 is 2.72 bits per heavy atom. The van der Waals surface area contributed by atoms with Crippen LogP contribution in [-0.2, 0) is 0 Å². The SMILES string of the molecule is CCC(N)C(c1ccccc1Cl)N1CCC(C)C1. The molecule has 1 heterocycles. The number of benzene rings is 1. The lowest BCUT2D eigenvalue weighted by Gasteiger charge is -2.33. The highest BCUT2D eigenvalue weighted by molar-refractivity contribution is 6.31. The summed E-state index contributed by atoms with van der Waals surface area (Å²) >= 11 is 6.35. The van der Waals surface area contributed by atoms with Gasteiger partial charge >= 0.3 is 0 Å². The number of rotatable bonds is 4. The van der Waals surface area contributed by atoms with Gasteiger partial charge in [-0.15, -0.1) is 0 Å². The first-order valence-electron chi connectivity index (χ1n) is 6.87. The first-order chi connectivity index (χ1) is 8.63. The van der Waals surface area contributed by atoms with E-state index in [1.165, 1.54) is 12.0 Å². The van der Waals surface area contributed by atoms with Crippen molar-refractivity contribution in [1.29, 1.82) is 0 Å². The number of hydrogen-bond donors (Lipinski definition) is 1. The topological polar surface area (TPSA) is 29.3 Å². The minimum absolute atomic E-state index is 0.148. The van der Waals surface area contributed by atoms with Gasteiger partial charge in [0.1, 0.15) is 0 Å². The van der Waals surface area contributed by atoms with E-state index in [1.54, 1.807) is 0 Å². The molecule has 3 heteroatoms. The summed E-state index contributed by atoms with van der Waals surface area (Å²) in [4.78, 5) is 2.50. The summed E-state index contributed by atoms with van der Waals surface area (Å²) in [6.45, 7) is 6.71. The summed E-state index contributed by atoms with van der Waals surface area (Å²) in [5, 5.41) is 0.839. The summed E-state index contributed by atoms with van der Waals surface area (Å²) in [5.74, 6) is 0.763. The van der Waals surface area contributed by atoms with Gasteiger partial charge in [0, 0.05) is 17.6 Å². The Balaban J connectivity index is 2.28. The van der Waals surface area contributed by atoms with E-state index in [2.05, 4.69) is 30.9 Å². The lowest BCUT2D eigenvalue weighted by atomic mass is 9.96. The highest BCUT2D eigenvalue weighted by atomic mass is 35.5. The molecule has 0 aromatic heterocycles. The molecule has 1 aromatic carbocycles. The second kappa shape index (κ2) is 6.05. The standard InChI is InChI=1S/C15H23ClN2/c1-3-14(17)15(18-9-8-11(2)10-18)12-6-4-5-7-13(12)16/h4-7,11,14-15H,3,8-10,17H2,1-2H3. The minimum atomic E-state index is 0.148. The van der Waals surface area contributed by atoms with E-state index < -0.39 is 0 Å². The van der Waals surface area contributed by atoms with Crippen molar-refractivity contribution >= 4 is 11.6 Å². The summed E-state index contributed by atoms with van der Waals surface area (Å²) in [6, 6.07) is 8.52. The number of halogens is 1.